The van der Waals surface area contributed by atoms with E-state index in [1.54, 1.807) is 0 Å². The van der Waals surface area contributed by atoms with Gasteiger partial charge in [0.1, 0.15) is 0 Å². The lowest BCUT2D eigenvalue weighted by Crippen LogP contribution is -2.48. The van der Waals surface area contributed by atoms with Gasteiger partial charge in [-0.15, -0.1) is 0 Å². The highest BCUT2D eigenvalue weighted by Crippen LogP contribution is 2.22. The molecule has 5 nitrogen and oxygen atoms in total. The summed E-state index contributed by atoms with van der Waals surface area (Å²) in [7, 11) is 0. The molecule has 2 aromatic carbocycles. The van der Waals surface area contributed by atoms with E-state index in [2.05, 4.69) is 55.7 Å². The van der Waals surface area contributed by atoms with Gasteiger partial charge in [-0.1, -0.05) is 75.4 Å². The molecule has 146 valence electrons. The summed E-state index contributed by atoms with van der Waals surface area (Å²) < 4.78 is 0. The summed E-state index contributed by atoms with van der Waals surface area (Å²) in [6, 6.07) is 17.4. The van der Waals surface area contributed by atoms with Crippen LogP contribution in [0.1, 0.15) is 37.5 Å². The van der Waals surface area contributed by atoms with E-state index < -0.39 is 18.2 Å². The van der Waals surface area contributed by atoms with Crippen molar-refractivity contribution < 1.29 is 15.0 Å². The van der Waals surface area contributed by atoms with Crippen molar-refractivity contribution in [3.63, 3.8) is 0 Å². The number of hydrogen-bond acceptors (Lipinski definition) is 3. The molecule has 0 unspecified atom stereocenters. The number of nitrogens with one attached hydrogen (secondary N) is 2. The van der Waals surface area contributed by atoms with Crippen LogP contribution in [0.3, 0.4) is 0 Å². The van der Waals surface area contributed by atoms with Crippen LogP contribution in [0.2, 0.25) is 0 Å². The summed E-state index contributed by atoms with van der Waals surface area (Å²) in [6.07, 6.45) is -1.51. The molecule has 2 atom stereocenters. The first-order chi connectivity index (χ1) is 12.8. The van der Waals surface area contributed by atoms with Crippen LogP contribution in [0.25, 0.3) is 0 Å². The Balaban J connectivity index is 1.89. The molecule has 2 aromatic rings. The lowest BCUT2D eigenvalue weighted by molar-refractivity contribution is 0.117. The second kappa shape index (κ2) is 9.53. The quantitative estimate of drug-likeness (QED) is 0.575. The normalized spacial score (nSPS) is 13.8. The Morgan fingerprint density at radius 2 is 1.63 bits per heavy atom. The fraction of sp³-hybridized carbons (Fsp3) is 0.409. The Hall–Kier alpha value is -2.37. The van der Waals surface area contributed by atoms with Gasteiger partial charge in [-0.3, -0.25) is 0 Å². The van der Waals surface area contributed by atoms with Gasteiger partial charge in [0.05, 0.1) is 12.1 Å². The molecule has 0 fully saturated rings. The molecule has 27 heavy (non-hydrogen) atoms. The molecule has 0 aromatic heterocycles. The molecule has 1 amide bonds. The Morgan fingerprint density at radius 3 is 2.19 bits per heavy atom. The molecule has 0 aliphatic carbocycles. The van der Waals surface area contributed by atoms with Crippen LogP contribution in [0.5, 0.6) is 0 Å². The van der Waals surface area contributed by atoms with Crippen molar-refractivity contribution in [1.82, 2.24) is 10.6 Å². The maximum Gasteiger partial charge on any atom is 0.404 e. The van der Waals surface area contributed by atoms with E-state index in [0.717, 1.165) is 11.1 Å². The van der Waals surface area contributed by atoms with Crippen molar-refractivity contribution in [3.8, 4) is 0 Å². The van der Waals surface area contributed by atoms with Crippen molar-refractivity contribution >= 4 is 6.09 Å². The molecule has 0 heterocycles. The van der Waals surface area contributed by atoms with Crippen molar-refractivity contribution in [2.75, 3.05) is 6.54 Å². The minimum Gasteiger partial charge on any atom is -0.465 e. The minimum atomic E-state index is -1.13. The molecule has 0 aliphatic heterocycles. The lowest BCUT2D eigenvalue weighted by Gasteiger charge is -2.23. The average molecular weight is 370 g/mol. The summed E-state index contributed by atoms with van der Waals surface area (Å²) in [5.74, 6) is 0. The number of carboxylic acid groups (broad SMARTS) is 1. The van der Waals surface area contributed by atoms with Crippen LogP contribution >= 0.6 is 0 Å². The number of carbonyl (C=O) groups is 1. The number of hydrogen-bond donors (Lipinski definition) is 4. The van der Waals surface area contributed by atoms with Gasteiger partial charge in [-0.25, -0.2) is 4.79 Å². The molecule has 0 saturated heterocycles. The largest absolute Gasteiger partial charge is 0.465 e. The molecule has 0 bridgehead atoms. The maximum atomic E-state index is 11.1. The van der Waals surface area contributed by atoms with E-state index in [-0.39, 0.29) is 5.41 Å². The van der Waals surface area contributed by atoms with Gasteiger partial charge in [0.25, 0.3) is 0 Å². The van der Waals surface area contributed by atoms with E-state index in [1.807, 2.05) is 30.3 Å². The highest BCUT2D eigenvalue weighted by Gasteiger charge is 2.21. The van der Waals surface area contributed by atoms with Crippen molar-refractivity contribution in [2.45, 2.75) is 51.3 Å². The highest BCUT2D eigenvalue weighted by molar-refractivity contribution is 5.65. The molecular weight excluding hydrogens is 340 g/mol. The predicted molar refractivity (Wildman–Crippen MR) is 108 cm³/mol. The monoisotopic (exact) mass is 370 g/mol. The first kappa shape index (κ1) is 20.9. The molecule has 0 saturated carbocycles. The highest BCUT2D eigenvalue weighted by atomic mass is 16.4. The molecule has 0 aliphatic rings. The van der Waals surface area contributed by atoms with Crippen LogP contribution in [0.15, 0.2) is 54.6 Å². The van der Waals surface area contributed by atoms with Gasteiger partial charge in [0.2, 0.25) is 0 Å². The van der Waals surface area contributed by atoms with Gasteiger partial charge < -0.3 is 20.8 Å². The van der Waals surface area contributed by atoms with Crippen LogP contribution < -0.4 is 10.6 Å². The molecule has 4 N–H and O–H groups in total. The SMILES string of the molecule is CC(C)(C)c1ccc(CNC[C@@H](O)[C@H](Cc2ccccc2)NC(=O)O)cc1. The van der Waals surface area contributed by atoms with E-state index >= 15 is 0 Å². The summed E-state index contributed by atoms with van der Waals surface area (Å²) in [6.45, 7) is 7.46. The number of rotatable bonds is 8. The Labute approximate surface area is 161 Å². The number of benzene rings is 2. The zero-order valence-corrected chi connectivity index (χ0v) is 16.3. The number of aliphatic hydroxyl groups is 1. The van der Waals surface area contributed by atoms with Crippen molar-refractivity contribution in [2.24, 2.45) is 0 Å². The third kappa shape index (κ3) is 7.04. The van der Waals surface area contributed by atoms with Gasteiger partial charge in [-0.2, -0.15) is 0 Å². The smallest absolute Gasteiger partial charge is 0.404 e. The summed E-state index contributed by atoms with van der Waals surface area (Å²) in [4.78, 5) is 11.1. The predicted octanol–water partition coefficient (Wildman–Crippen LogP) is 3.31. The zero-order chi connectivity index (χ0) is 19.9. The number of aliphatic hydroxyl groups excluding tert-OH is 1. The third-order valence-corrected chi connectivity index (χ3v) is 4.57. The standard InChI is InChI=1S/C22H30N2O3/c1-22(2,3)18-11-9-17(10-12-18)14-23-15-20(25)19(24-21(26)27)13-16-7-5-4-6-8-16/h4-12,19-20,23-25H,13-15H2,1-3H3,(H,26,27)/t19-,20+/m0/s1. The van der Waals surface area contributed by atoms with Gasteiger partial charge in [-0.05, 0) is 28.5 Å². The third-order valence-electron chi connectivity index (χ3n) is 4.57. The Bertz CT molecular complexity index is 709. The van der Waals surface area contributed by atoms with Crippen molar-refractivity contribution in [3.05, 3.63) is 71.3 Å². The number of amides is 1. The summed E-state index contributed by atoms with van der Waals surface area (Å²) in [5, 5.41) is 25.2. The van der Waals surface area contributed by atoms with Crippen LogP contribution in [-0.2, 0) is 18.4 Å². The molecule has 5 heteroatoms. The van der Waals surface area contributed by atoms with Crippen LogP contribution in [0.4, 0.5) is 4.79 Å². The molecular formula is C22H30N2O3. The molecule has 2 rings (SSSR count). The van der Waals surface area contributed by atoms with Crippen molar-refractivity contribution in [1.29, 1.82) is 0 Å². The average Bonchev–Trinajstić information content (AvgIpc) is 2.61. The van der Waals surface area contributed by atoms with E-state index in [9.17, 15) is 9.90 Å². The van der Waals surface area contributed by atoms with Gasteiger partial charge in [0.15, 0.2) is 0 Å². The second-order valence-electron chi connectivity index (χ2n) is 7.89. The maximum absolute atomic E-state index is 11.1. The van der Waals surface area contributed by atoms with E-state index in [0.29, 0.717) is 19.5 Å². The second-order valence-corrected chi connectivity index (χ2v) is 7.89. The first-order valence-corrected chi connectivity index (χ1v) is 9.27. The topological polar surface area (TPSA) is 81.6 Å². The minimum absolute atomic E-state index is 0.120. The zero-order valence-electron chi connectivity index (χ0n) is 16.3. The Morgan fingerprint density at radius 1 is 1.00 bits per heavy atom. The fourth-order valence-electron chi connectivity index (χ4n) is 2.94. The molecule has 0 radical (unpaired) electrons. The van der Waals surface area contributed by atoms with Gasteiger partial charge in [0, 0.05) is 13.1 Å². The van der Waals surface area contributed by atoms with Gasteiger partial charge >= 0.3 is 6.09 Å². The lowest BCUT2D eigenvalue weighted by atomic mass is 9.87. The molecule has 0 spiro atoms. The Kier molecular flexibility index (Phi) is 7.39. The summed E-state index contributed by atoms with van der Waals surface area (Å²) in [5.41, 5.74) is 3.50. The fourth-order valence-corrected chi connectivity index (χ4v) is 2.94. The van der Waals surface area contributed by atoms with E-state index in [4.69, 9.17) is 5.11 Å². The summed E-state index contributed by atoms with van der Waals surface area (Å²) >= 11 is 0. The van der Waals surface area contributed by atoms with Crippen LogP contribution in [-0.4, -0.2) is 35.0 Å². The van der Waals surface area contributed by atoms with Crippen LogP contribution in [0, 0.1) is 0 Å². The van der Waals surface area contributed by atoms with E-state index in [1.165, 1.54) is 5.56 Å². The first-order valence-electron chi connectivity index (χ1n) is 9.27.